The molecule has 2 aromatic heterocycles. The lowest BCUT2D eigenvalue weighted by molar-refractivity contribution is 0.167. The molecule has 0 unspecified atom stereocenters. The van der Waals surface area contributed by atoms with Gasteiger partial charge in [0, 0.05) is 37.4 Å². The number of hydrogen-bond acceptors (Lipinski definition) is 2. The standard InChI is InChI=1S/C18H24N4O/c1-13(14-5-6-14)22(16-7-8-16)18(23)19-10-9-15-12-21-11-3-2-4-17(21)20-15/h2-4,11-14,16H,5-10H2,1H3,(H,19,23)/t13-/m0/s1. The number of nitrogens with one attached hydrogen (secondary N) is 1. The summed E-state index contributed by atoms with van der Waals surface area (Å²) in [4.78, 5) is 19.2. The predicted octanol–water partition coefficient (Wildman–Crippen LogP) is 2.85. The van der Waals surface area contributed by atoms with E-state index in [1.165, 1.54) is 12.8 Å². The Morgan fingerprint density at radius 1 is 1.39 bits per heavy atom. The summed E-state index contributed by atoms with van der Waals surface area (Å²) in [6.45, 7) is 2.85. The highest BCUT2D eigenvalue weighted by atomic mass is 16.2. The molecular weight excluding hydrogens is 288 g/mol. The zero-order chi connectivity index (χ0) is 15.8. The van der Waals surface area contributed by atoms with Crippen LogP contribution in [0.1, 0.15) is 38.3 Å². The van der Waals surface area contributed by atoms with E-state index in [4.69, 9.17) is 0 Å². The van der Waals surface area contributed by atoms with Gasteiger partial charge in [0.1, 0.15) is 5.65 Å². The fourth-order valence-electron chi connectivity index (χ4n) is 3.34. The van der Waals surface area contributed by atoms with E-state index in [2.05, 4.69) is 22.1 Å². The number of aromatic nitrogens is 2. The third-order valence-corrected chi connectivity index (χ3v) is 4.99. The number of amides is 2. The fourth-order valence-corrected chi connectivity index (χ4v) is 3.34. The number of carbonyl (C=O) groups is 1. The minimum atomic E-state index is 0.107. The second kappa shape index (κ2) is 5.87. The number of fused-ring (bicyclic) bond motifs is 1. The van der Waals surface area contributed by atoms with Gasteiger partial charge in [-0.25, -0.2) is 9.78 Å². The molecule has 2 aromatic rings. The molecule has 0 aliphatic heterocycles. The van der Waals surface area contributed by atoms with Gasteiger partial charge in [-0.15, -0.1) is 0 Å². The Bertz CT molecular complexity index is 669. The molecule has 2 fully saturated rings. The molecule has 4 rings (SSSR count). The van der Waals surface area contributed by atoms with Crippen molar-refractivity contribution < 1.29 is 4.79 Å². The zero-order valence-electron chi connectivity index (χ0n) is 13.6. The predicted molar refractivity (Wildman–Crippen MR) is 89.3 cm³/mol. The van der Waals surface area contributed by atoms with Crippen LogP contribution in [0.2, 0.25) is 0 Å². The summed E-state index contributed by atoms with van der Waals surface area (Å²) in [7, 11) is 0. The maximum atomic E-state index is 12.5. The SMILES string of the molecule is C[C@@H](C1CC1)N(C(=O)NCCc1cn2ccccc2n1)C1CC1. The van der Waals surface area contributed by atoms with E-state index in [9.17, 15) is 4.79 Å². The summed E-state index contributed by atoms with van der Waals surface area (Å²) in [5, 5.41) is 3.10. The van der Waals surface area contributed by atoms with Crippen LogP contribution in [-0.2, 0) is 6.42 Å². The zero-order valence-corrected chi connectivity index (χ0v) is 13.6. The monoisotopic (exact) mass is 312 g/mol. The average Bonchev–Trinajstić information content (AvgIpc) is 3.44. The van der Waals surface area contributed by atoms with E-state index in [-0.39, 0.29) is 6.03 Å². The number of nitrogens with zero attached hydrogens (tertiary/aromatic N) is 3. The van der Waals surface area contributed by atoms with Crippen molar-refractivity contribution in [2.24, 2.45) is 5.92 Å². The molecule has 1 atom stereocenters. The number of pyridine rings is 1. The summed E-state index contributed by atoms with van der Waals surface area (Å²) in [5.74, 6) is 0.722. The third kappa shape index (κ3) is 3.19. The average molecular weight is 312 g/mol. The molecule has 0 saturated heterocycles. The second-order valence-electron chi connectivity index (χ2n) is 6.90. The topological polar surface area (TPSA) is 49.6 Å². The first kappa shape index (κ1) is 14.5. The molecule has 0 radical (unpaired) electrons. The lowest BCUT2D eigenvalue weighted by Gasteiger charge is -2.29. The first-order valence-corrected chi connectivity index (χ1v) is 8.71. The number of rotatable bonds is 6. The summed E-state index contributed by atoms with van der Waals surface area (Å²) in [5.41, 5.74) is 1.97. The highest BCUT2D eigenvalue weighted by molar-refractivity contribution is 5.75. The highest BCUT2D eigenvalue weighted by Gasteiger charge is 2.41. The Morgan fingerprint density at radius 2 is 2.22 bits per heavy atom. The van der Waals surface area contributed by atoms with E-state index in [0.717, 1.165) is 36.5 Å². The molecule has 2 saturated carbocycles. The van der Waals surface area contributed by atoms with Crippen LogP contribution in [0, 0.1) is 5.92 Å². The van der Waals surface area contributed by atoms with Crippen molar-refractivity contribution in [1.82, 2.24) is 19.6 Å². The summed E-state index contributed by atoms with van der Waals surface area (Å²) in [6.07, 6.45) is 9.68. The molecule has 2 heterocycles. The maximum Gasteiger partial charge on any atom is 0.317 e. The minimum Gasteiger partial charge on any atom is -0.338 e. The molecular formula is C18H24N4O. The van der Waals surface area contributed by atoms with Gasteiger partial charge in [0.25, 0.3) is 0 Å². The quantitative estimate of drug-likeness (QED) is 0.891. The molecule has 0 bridgehead atoms. The second-order valence-corrected chi connectivity index (χ2v) is 6.90. The van der Waals surface area contributed by atoms with Crippen LogP contribution in [0.4, 0.5) is 4.79 Å². The molecule has 1 N–H and O–H groups in total. The number of carbonyl (C=O) groups excluding carboxylic acids is 1. The minimum absolute atomic E-state index is 0.107. The van der Waals surface area contributed by atoms with Crippen LogP contribution in [0.25, 0.3) is 5.65 Å². The number of hydrogen-bond donors (Lipinski definition) is 1. The molecule has 5 heteroatoms. The lowest BCUT2D eigenvalue weighted by atomic mass is 10.2. The molecule has 2 aliphatic carbocycles. The van der Waals surface area contributed by atoms with Gasteiger partial charge in [0.05, 0.1) is 5.69 Å². The van der Waals surface area contributed by atoms with Crippen LogP contribution in [0.5, 0.6) is 0 Å². The molecule has 5 nitrogen and oxygen atoms in total. The number of imidazole rings is 1. The maximum absolute atomic E-state index is 12.5. The summed E-state index contributed by atoms with van der Waals surface area (Å²) < 4.78 is 2.02. The van der Waals surface area contributed by atoms with Crippen LogP contribution in [0.3, 0.4) is 0 Å². The summed E-state index contributed by atoms with van der Waals surface area (Å²) >= 11 is 0. The van der Waals surface area contributed by atoms with Crippen LogP contribution < -0.4 is 5.32 Å². The van der Waals surface area contributed by atoms with E-state index in [1.807, 2.05) is 35.0 Å². The van der Waals surface area contributed by atoms with Crippen LogP contribution in [0.15, 0.2) is 30.6 Å². The Labute approximate surface area is 136 Å². The molecule has 2 aliphatic rings. The van der Waals surface area contributed by atoms with Gasteiger partial charge < -0.3 is 14.6 Å². The molecule has 122 valence electrons. The molecule has 2 amide bonds. The van der Waals surface area contributed by atoms with Crippen molar-refractivity contribution in [3.05, 3.63) is 36.3 Å². The number of urea groups is 1. The largest absolute Gasteiger partial charge is 0.338 e. The van der Waals surface area contributed by atoms with Crippen molar-refractivity contribution in [3.8, 4) is 0 Å². The third-order valence-electron chi connectivity index (χ3n) is 4.99. The Hall–Kier alpha value is -2.04. The van der Waals surface area contributed by atoms with E-state index < -0.39 is 0 Å². The first-order valence-electron chi connectivity index (χ1n) is 8.71. The van der Waals surface area contributed by atoms with Gasteiger partial charge in [-0.3, -0.25) is 0 Å². The lowest BCUT2D eigenvalue weighted by Crippen LogP contribution is -2.47. The van der Waals surface area contributed by atoms with Crippen LogP contribution >= 0.6 is 0 Å². The fraction of sp³-hybridized carbons (Fsp3) is 0.556. The van der Waals surface area contributed by atoms with Gasteiger partial charge in [-0.05, 0) is 50.7 Å². The Morgan fingerprint density at radius 3 is 2.91 bits per heavy atom. The van der Waals surface area contributed by atoms with Crippen molar-refractivity contribution in [1.29, 1.82) is 0 Å². The van der Waals surface area contributed by atoms with Gasteiger partial charge >= 0.3 is 6.03 Å². The molecule has 23 heavy (non-hydrogen) atoms. The van der Waals surface area contributed by atoms with Crippen molar-refractivity contribution in [2.45, 2.75) is 51.1 Å². The van der Waals surface area contributed by atoms with Gasteiger partial charge in [-0.1, -0.05) is 6.07 Å². The van der Waals surface area contributed by atoms with Crippen molar-refractivity contribution in [2.75, 3.05) is 6.54 Å². The first-order chi connectivity index (χ1) is 11.2. The van der Waals surface area contributed by atoms with Gasteiger partial charge in [0.2, 0.25) is 0 Å². The van der Waals surface area contributed by atoms with E-state index in [1.54, 1.807) is 0 Å². The Kier molecular flexibility index (Phi) is 3.71. The van der Waals surface area contributed by atoms with E-state index in [0.29, 0.717) is 18.6 Å². The van der Waals surface area contributed by atoms with Crippen LogP contribution in [-0.4, -0.2) is 38.9 Å². The van der Waals surface area contributed by atoms with Gasteiger partial charge in [-0.2, -0.15) is 0 Å². The molecule has 0 spiro atoms. The van der Waals surface area contributed by atoms with Crippen molar-refractivity contribution in [3.63, 3.8) is 0 Å². The van der Waals surface area contributed by atoms with Gasteiger partial charge in [0.15, 0.2) is 0 Å². The van der Waals surface area contributed by atoms with Crippen molar-refractivity contribution >= 4 is 11.7 Å². The van der Waals surface area contributed by atoms with E-state index >= 15 is 0 Å². The Balaban J connectivity index is 1.33. The smallest absolute Gasteiger partial charge is 0.317 e. The summed E-state index contributed by atoms with van der Waals surface area (Å²) in [6, 6.07) is 6.94. The normalized spacial score (nSPS) is 18.8. The molecule has 0 aromatic carbocycles. The highest BCUT2D eigenvalue weighted by Crippen LogP contribution is 2.39.